The smallest absolute Gasteiger partial charge is 0.251 e. The molecule has 2 aromatic rings. The Hall–Kier alpha value is -2.75. The van der Waals surface area contributed by atoms with Crippen molar-refractivity contribution in [3.63, 3.8) is 0 Å². The summed E-state index contributed by atoms with van der Waals surface area (Å²) < 4.78 is 28.0. The molecule has 1 fully saturated rings. The summed E-state index contributed by atoms with van der Waals surface area (Å²) in [6.07, 6.45) is 0.657. The Morgan fingerprint density at radius 2 is 1.90 bits per heavy atom. The van der Waals surface area contributed by atoms with Gasteiger partial charge >= 0.3 is 0 Å². The number of primary sulfonamides is 1. The quantitative estimate of drug-likeness (QED) is 0.623. The molecule has 2 amide bonds. The molecule has 0 aromatic heterocycles. The van der Waals surface area contributed by atoms with E-state index in [0.29, 0.717) is 31.0 Å². The molecule has 1 aliphatic rings. The molecule has 8 nitrogen and oxygen atoms in total. The minimum absolute atomic E-state index is 0.0516. The third kappa shape index (κ3) is 5.00. The number of sulfonamides is 1. The zero-order valence-corrected chi connectivity index (χ0v) is 16.8. The van der Waals surface area contributed by atoms with Gasteiger partial charge in [0.2, 0.25) is 15.9 Å². The average molecular weight is 417 g/mol. The molecule has 1 saturated heterocycles. The highest BCUT2D eigenvalue weighted by Crippen LogP contribution is 2.26. The molecule has 0 spiro atoms. The first-order valence-electron chi connectivity index (χ1n) is 9.24. The number of rotatable bonds is 8. The van der Waals surface area contributed by atoms with E-state index in [-0.39, 0.29) is 23.1 Å². The second kappa shape index (κ2) is 8.73. The lowest BCUT2D eigenvalue weighted by Crippen LogP contribution is -2.39. The van der Waals surface area contributed by atoms with Crippen LogP contribution in [0.4, 0.5) is 5.69 Å². The van der Waals surface area contributed by atoms with Gasteiger partial charge in [0.05, 0.1) is 29.7 Å². The maximum absolute atomic E-state index is 12.7. The van der Waals surface area contributed by atoms with Gasteiger partial charge in [0, 0.05) is 6.07 Å². The van der Waals surface area contributed by atoms with Crippen molar-refractivity contribution in [3.8, 4) is 5.75 Å². The van der Waals surface area contributed by atoms with Crippen LogP contribution in [-0.2, 0) is 26.0 Å². The van der Waals surface area contributed by atoms with E-state index in [1.807, 2.05) is 6.92 Å². The lowest BCUT2D eigenvalue weighted by molar-refractivity contribution is -0.121. The Bertz CT molecular complexity index is 1010. The summed E-state index contributed by atoms with van der Waals surface area (Å²) in [5.41, 5.74) is 1.39. The number of imide groups is 1. The first kappa shape index (κ1) is 21.0. The van der Waals surface area contributed by atoms with Crippen molar-refractivity contribution < 1.29 is 22.7 Å². The van der Waals surface area contributed by atoms with Crippen molar-refractivity contribution in [1.82, 2.24) is 5.32 Å². The third-order valence-corrected chi connectivity index (χ3v) is 5.52. The van der Waals surface area contributed by atoms with Gasteiger partial charge in [-0.05, 0) is 49.7 Å². The van der Waals surface area contributed by atoms with E-state index in [4.69, 9.17) is 9.88 Å². The molecule has 0 bridgehead atoms. The molecule has 29 heavy (non-hydrogen) atoms. The van der Waals surface area contributed by atoms with E-state index in [0.717, 1.165) is 5.56 Å². The Morgan fingerprint density at radius 1 is 1.17 bits per heavy atom. The first-order chi connectivity index (χ1) is 13.8. The molecule has 0 saturated carbocycles. The largest absolute Gasteiger partial charge is 0.494 e. The van der Waals surface area contributed by atoms with Crippen LogP contribution < -0.4 is 20.1 Å². The lowest BCUT2D eigenvalue weighted by atomic mass is 10.1. The van der Waals surface area contributed by atoms with Crippen LogP contribution >= 0.6 is 0 Å². The zero-order chi connectivity index (χ0) is 21.0. The number of hydrogen-bond donors (Lipinski definition) is 2. The Morgan fingerprint density at radius 3 is 2.55 bits per heavy atom. The molecule has 3 rings (SSSR count). The topological polar surface area (TPSA) is 119 Å². The molecule has 0 radical (unpaired) electrons. The van der Waals surface area contributed by atoms with Gasteiger partial charge < -0.3 is 10.1 Å². The normalized spacial score (nSPS) is 17.0. The molecular weight excluding hydrogens is 394 g/mol. The zero-order valence-electron chi connectivity index (χ0n) is 16.0. The number of anilines is 1. The Balaban J connectivity index is 1.59. The highest BCUT2D eigenvalue weighted by atomic mass is 32.2. The monoisotopic (exact) mass is 417 g/mol. The molecular formula is C20H23N3O5S. The van der Waals surface area contributed by atoms with Crippen LogP contribution in [0.2, 0.25) is 0 Å². The van der Waals surface area contributed by atoms with Crippen molar-refractivity contribution in [2.45, 2.75) is 30.7 Å². The maximum atomic E-state index is 12.7. The van der Waals surface area contributed by atoms with Crippen LogP contribution in [-0.4, -0.2) is 39.4 Å². The summed E-state index contributed by atoms with van der Waals surface area (Å²) >= 11 is 0. The fourth-order valence-corrected chi connectivity index (χ4v) is 3.69. The van der Waals surface area contributed by atoms with Gasteiger partial charge in [-0.25, -0.2) is 18.5 Å². The van der Waals surface area contributed by atoms with Crippen LogP contribution in [0.1, 0.15) is 18.9 Å². The number of hydrogen-bond acceptors (Lipinski definition) is 6. The predicted molar refractivity (Wildman–Crippen MR) is 108 cm³/mol. The van der Waals surface area contributed by atoms with Crippen LogP contribution in [0.25, 0.3) is 0 Å². The lowest BCUT2D eigenvalue weighted by Gasteiger charge is -2.16. The van der Waals surface area contributed by atoms with Crippen molar-refractivity contribution in [2.24, 2.45) is 5.14 Å². The molecule has 3 N–H and O–H groups in total. The van der Waals surface area contributed by atoms with Gasteiger partial charge in [0.15, 0.2) is 0 Å². The SMILES string of the molecule is CCOc1cccc(N2C(=O)CC(NCCc3ccc(S(N)(=O)=O)cc3)C2=O)c1. The number of nitrogens with two attached hydrogens (primary N) is 1. The van der Waals surface area contributed by atoms with Crippen molar-refractivity contribution in [2.75, 3.05) is 18.1 Å². The summed E-state index contributed by atoms with van der Waals surface area (Å²) in [5, 5.41) is 8.19. The molecule has 0 aliphatic carbocycles. The summed E-state index contributed by atoms with van der Waals surface area (Å²) in [7, 11) is -3.72. The predicted octanol–water partition coefficient (Wildman–Crippen LogP) is 1.20. The standard InChI is InChI=1S/C20H23N3O5S/c1-2-28-16-5-3-4-15(12-16)23-19(24)13-18(20(23)25)22-11-10-14-6-8-17(9-7-14)29(21,26)27/h3-9,12,18,22H,2,10-11,13H2,1H3,(H2,21,26,27). The fourth-order valence-electron chi connectivity index (χ4n) is 3.18. The van der Waals surface area contributed by atoms with Gasteiger partial charge in [0.1, 0.15) is 5.75 Å². The van der Waals surface area contributed by atoms with Gasteiger partial charge in [0.25, 0.3) is 5.91 Å². The van der Waals surface area contributed by atoms with Gasteiger partial charge in [-0.1, -0.05) is 18.2 Å². The number of ether oxygens (including phenoxy) is 1. The number of nitrogens with zero attached hydrogens (tertiary/aromatic N) is 1. The van der Waals surface area contributed by atoms with Gasteiger partial charge in [-0.2, -0.15) is 0 Å². The molecule has 1 heterocycles. The fraction of sp³-hybridized carbons (Fsp3) is 0.300. The van der Waals surface area contributed by atoms with Gasteiger partial charge in [-0.15, -0.1) is 0 Å². The van der Waals surface area contributed by atoms with Crippen molar-refractivity contribution >= 4 is 27.5 Å². The van der Waals surface area contributed by atoms with Crippen LogP contribution in [0, 0.1) is 0 Å². The van der Waals surface area contributed by atoms with E-state index in [1.165, 1.54) is 17.0 Å². The highest BCUT2D eigenvalue weighted by Gasteiger charge is 2.39. The molecule has 1 atom stereocenters. The van der Waals surface area contributed by atoms with E-state index < -0.39 is 16.1 Å². The molecule has 154 valence electrons. The summed E-state index contributed by atoms with van der Waals surface area (Å²) in [6.45, 7) is 2.82. The van der Waals surface area contributed by atoms with E-state index >= 15 is 0 Å². The number of carbonyl (C=O) groups is 2. The van der Waals surface area contributed by atoms with Crippen LogP contribution in [0.15, 0.2) is 53.4 Å². The van der Waals surface area contributed by atoms with Crippen molar-refractivity contribution in [3.05, 3.63) is 54.1 Å². The molecule has 1 aliphatic heterocycles. The highest BCUT2D eigenvalue weighted by molar-refractivity contribution is 7.89. The Kier molecular flexibility index (Phi) is 6.31. The number of benzene rings is 2. The minimum Gasteiger partial charge on any atom is -0.494 e. The first-order valence-corrected chi connectivity index (χ1v) is 10.8. The average Bonchev–Trinajstić information content (AvgIpc) is 2.95. The van der Waals surface area contributed by atoms with E-state index in [2.05, 4.69) is 5.32 Å². The second-order valence-electron chi connectivity index (χ2n) is 6.65. The van der Waals surface area contributed by atoms with Crippen molar-refractivity contribution in [1.29, 1.82) is 0 Å². The molecule has 9 heteroatoms. The van der Waals surface area contributed by atoms with E-state index in [9.17, 15) is 18.0 Å². The van der Waals surface area contributed by atoms with Gasteiger partial charge in [-0.3, -0.25) is 9.59 Å². The molecule has 1 unspecified atom stereocenters. The van der Waals surface area contributed by atoms with Crippen LogP contribution in [0.5, 0.6) is 5.75 Å². The number of carbonyl (C=O) groups excluding carboxylic acids is 2. The number of amides is 2. The maximum Gasteiger partial charge on any atom is 0.251 e. The molecule has 2 aromatic carbocycles. The summed E-state index contributed by atoms with van der Waals surface area (Å²) in [6, 6.07) is 12.5. The number of nitrogens with one attached hydrogen (secondary N) is 1. The minimum atomic E-state index is -3.72. The summed E-state index contributed by atoms with van der Waals surface area (Å²) in [5.74, 6) is 0.0387. The second-order valence-corrected chi connectivity index (χ2v) is 8.21. The Labute approximate surface area is 169 Å². The van der Waals surface area contributed by atoms with Crippen LogP contribution in [0.3, 0.4) is 0 Å². The summed E-state index contributed by atoms with van der Waals surface area (Å²) in [4.78, 5) is 26.3. The van der Waals surface area contributed by atoms with E-state index in [1.54, 1.807) is 36.4 Å². The third-order valence-electron chi connectivity index (χ3n) is 4.59.